The molecule has 0 aromatic rings. The van der Waals surface area contributed by atoms with E-state index in [0.717, 1.165) is 0 Å². The van der Waals surface area contributed by atoms with Crippen molar-refractivity contribution in [3.05, 3.63) is 11.6 Å². The predicted molar refractivity (Wildman–Crippen MR) is 87.5 cm³/mol. The number of rotatable bonds is 0. The summed E-state index contributed by atoms with van der Waals surface area (Å²) in [7, 11) is 0. The Morgan fingerprint density at radius 2 is 1.69 bits per heavy atom. The molecule has 0 aromatic heterocycles. The number of aliphatic hydroxyl groups excluding tert-OH is 3. The number of fused-ring (bicyclic) bond motifs is 6. The minimum Gasteiger partial charge on any atom is -0.459 e. The fourth-order valence-corrected chi connectivity index (χ4v) is 6.73. The van der Waals surface area contributed by atoms with Crippen molar-refractivity contribution in [3.63, 3.8) is 0 Å². The zero-order valence-electron chi connectivity index (χ0n) is 15.2. The number of carbonyl (C=O) groups is 3. The Labute approximate surface area is 151 Å². The molecule has 0 radical (unpaired) electrons. The second kappa shape index (κ2) is 5.03. The maximum absolute atomic E-state index is 13.3. The quantitative estimate of drug-likeness (QED) is 0.501. The fraction of sp³-hybridized carbons (Fsp3) is 0.737. The highest BCUT2D eigenvalue weighted by Gasteiger charge is 2.76. The second-order valence-electron chi connectivity index (χ2n) is 8.84. The first kappa shape index (κ1) is 17.8. The maximum atomic E-state index is 13.3. The van der Waals surface area contributed by atoms with E-state index in [9.17, 15) is 29.7 Å². The summed E-state index contributed by atoms with van der Waals surface area (Å²) < 4.78 is 5.36. The number of hydrogen-bond donors (Lipinski definition) is 3. The molecule has 142 valence electrons. The van der Waals surface area contributed by atoms with Gasteiger partial charge in [-0.05, 0) is 13.0 Å². The smallest absolute Gasteiger partial charge is 0.310 e. The van der Waals surface area contributed by atoms with E-state index in [4.69, 9.17) is 4.74 Å². The number of esters is 1. The highest BCUT2D eigenvalue weighted by molar-refractivity contribution is 6.00. The van der Waals surface area contributed by atoms with Crippen molar-refractivity contribution in [1.82, 2.24) is 0 Å². The Bertz CT molecular complexity index is 757. The number of aliphatic hydroxyl groups is 3. The van der Waals surface area contributed by atoms with Crippen LogP contribution in [0.4, 0.5) is 0 Å². The van der Waals surface area contributed by atoms with Crippen LogP contribution in [0.15, 0.2) is 11.6 Å². The molecule has 3 aliphatic carbocycles. The van der Waals surface area contributed by atoms with Crippen LogP contribution in [0.25, 0.3) is 0 Å². The van der Waals surface area contributed by atoms with E-state index in [1.54, 1.807) is 27.7 Å². The first-order chi connectivity index (χ1) is 12.0. The van der Waals surface area contributed by atoms with E-state index in [0.29, 0.717) is 5.57 Å². The Morgan fingerprint density at radius 1 is 1.08 bits per heavy atom. The van der Waals surface area contributed by atoms with Crippen LogP contribution in [0, 0.1) is 34.5 Å². The van der Waals surface area contributed by atoms with Gasteiger partial charge in [-0.2, -0.15) is 0 Å². The van der Waals surface area contributed by atoms with Gasteiger partial charge in [0.2, 0.25) is 0 Å². The molecular weight excluding hydrogens is 340 g/mol. The third kappa shape index (κ3) is 1.67. The molecule has 0 unspecified atom stereocenters. The number of ether oxygens (including phenoxy) is 1. The van der Waals surface area contributed by atoms with Crippen LogP contribution < -0.4 is 0 Å². The number of hydrogen-bond acceptors (Lipinski definition) is 7. The van der Waals surface area contributed by atoms with E-state index < -0.39 is 76.5 Å². The van der Waals surface area contributed by atoms with Crippen LogP contribution in [-0.4, -0.2) is 57.3 Å². The molecule has 1 heterocycles. The van der Waals surface area contributed by atoms with Crippen LogP contribution >= 0.6 is 0 Å². The molecule has 1 aliphatic heterocycles. The van der Waals surface area contributed by atoms with E-state index >= 15 is 0 Å². The van der Waals surface area contributed by atoms with Gasteiger partial charge < -0.3 is 20.1 Å². The zero-order chi connectivity index (χ0) is 19.3. The highest BCUT2D eigenvalue weighted by atomic mass is 16.6. The van der Waals surface area contributed by atoms with Crippen LogP contribution in [0.5, 0.6) is 0 Å². The molecule has 0 aromatic carbocycles. The number of carbonyl (C=O) groups excluding carboxylic acids is 3. The molecule has 26 heavy (non-hydrogen) atoms. The molecule has 1 saturated heterocycles. The van der Waals surface area contributed by atoms with Gasteiger partial charge in [-0.1, -0.05) is 26.3 Å². The van der Waals surface area contributed by atoms with E-state index in [1.165, 1.54) is 6.08 Å². The lowest BCUT2D eigenvalue weighted by atomic mass is 9.39. The normalized spacial score (nSPS) is 55.8. The highest BCUT2D eigenvalue weighted by Crippen LogP contribution is 2.66. The Morgan fingerprint density at radius 3 is 2.31 bits per heavy atom. The Balaban J connectivity index is 2.00. The Kier molecular flexibility index (Phi) is 3.45. The number of ketones is 2. The lowest BCUT2D eigenvalue weighted by Crippen LogP contribution is -2.73. The SMILES string of the molecule is CC1=CC(=O)[C@@H](O)[C@@]2(C)[C@H]1[C@@H](O)C(=O)[C@]1(C)[C@H]2[C@@H](O)[C@@H]2OC(=O)[C@H]1[C@H]2C. The topological polar surface area (TPSA) is 121 Å². The summed E-state index contributed by atoms with van der Waals surface area (Å²) in [6.45, 7) is 6.56. The lowest BCUT2D eigenvalue weighted by molar-refractivity contribution is -0.224. The van der Waals surface area contributed by atoms with Crippen molar-refractivity contribution < 1.29 is 34.4 Å². The van der Waals surface area contributed by atoms with E-state index in [1.807, 2.05) is 0 Å². The average molecular weight is 364 g/mol. The molecular formula is C19H24O7. The van der Waals surface area contributed by atoms with Gasteiger partial charge in [0.15, 0.2) is 11.6 Å². The monoisotopic (exact) mass is 364 g/mol. The summed E-state index contributed by atoms with van der Waals surface area (Å²) in [5.41, 5.74) is -2.22. The summed E-state index contributed by atoms with van der Waals surface area (Å²) in [5, 5.41) is 32.7. The molecule has 4 aliphatic rings. The van der Waals surface area contributed by atoms with Gasteiger partial charge in [0.05, 0.1) is 12.0 Å². The first-order valence-corrected chi connectivity index (χ1v) is 9.00. The van der Waals surface area contributed by atoms with Crippen LogP contribution in [0.2, 0.25) is 0 Å². The van der Waals surface area contributed by atoms with Gasteiger partial charge >= 0.3 is 5.97 Å². The average Bonchev–Trinajstić information content (AvgIpc) is 2.80. The third-order valence-corrected chi connectivity index (χ3v) is 7.70. The predicted octanol–water partition coefficient (Wildman–Crippen LogP) is -0.383. The summed E-state index contributed by atoms with van der Waals surface area (Å²) in [6, 6.07) is 0. The van der Waals surface area contributed by atoms with Crippen molar-refractivity contribution in [3.8, 4) is 0 Å². The van der Waals surface area contributed by atoms with Crippen LogP contribution in [0.3, 0.4) is 0 Å². The van der Waals surface area contributed by atoms with E-state index in [2.05, 4.69) is 0 Å². The standard InChI is InChI=1S/C19H24O7/c1-6-5-8(20)15(23)18(3)9(6)11(21)16(24)19(4)10-7(2)13(26-17(10)25)12(22)14(18)19/h5,7,9-15,21-23H,1-4H3/t7-,9-,10-,11-,12+,13-,14+,15-,18+,19+/m1/s1. The van der Waals surface area contributed by atoms with Gasteiger partial charge in [-0.25, -0.2) is 0 Å². The van der Waals surface area contributed by atoms with Gasteiger partial charge in [0.1, 0.15) is 18.3 Å². The fourth-order valence-electron chi connectivity index (χ4n) is 6.73. The summed E-state index contributed by atoms with van der Waals surface area (Å²) in [4.78, 5) is 38.1. The van der Waals surface area contributed by atoms with Crippen molar-refractivity contribution in [2.24, 2.45) is 34.5 Å². The van der Waals surface area contributed by atoms with Gasteiger partial charge in [-0.15, -0.1) is 0 Å². The number of Topliss-reactive ketones (excluding diaryl/α,β-unsaturated/α-hetero) is 1. The van der Waals surface area contributed by atoms with Gasteiger partial charge in [-0.3, -0.25) is 14.4 Å². The summed E-state index contributed by atoms with van der Waals surface area (Å²) >= 11 is 0. The van der Waals surface area contributed by atoms with Crippen molar-refractivity contribution in [2.45, 2.75) is 52.1 Å². The molecule has 0 amide bonds. The van der Waals surface area contributed by atoms with Crippen molar-refractivity contribution >= 4 is 17.5 Å². The molecule has 10 atom stereocenters. The minimum atomic E-state index is -1.49. The third-order valence-electron chi connectivity index (χ3n) is 7.70. The van der Waals surface area contributed by atoms with Gasteiger partial charge in [0, 0.05) is 28.6 Å². The van der Waals surface area contributed by atoms with Crippen LogP contribution in [-0.2, 0) is 19.1 Å². The van der Waals surface area contributed by atoms with Gasteiger partial charge in [0.25, 0.3) is 0 Å². The molecule has 3 fully saturated rings. The molecule has 2 saturated carbocycles. The molecule has 7 nitrogen and oxygen atoms in total. The molecule has 2 bridgehead atoms. The Hall–Kier alpha value is -1.57. The molecule has 4 rings (SSSR count). The van der Waals surface area contributed by atoms with Crippen molar-refractivity contribution in [1.29, 1.82) is 0 Å². The summed E-state index contributed by atoms with van der Waals surface area (Å²) in [6.07, 6.45) is -3.70. The lowest BCUT2D eigenvalue weighted by Gasteiger charge is -2.63. The maximum Gasteiger partial charge on any atom is 0.310 e. The molecule has 7 heteroatoms. The minimum absolute atomic E-state index is 0.400. The molecule has 0 spiro atoms. The van der Waals surface area contributed by atoms with Crippen LogP contribution in [0.1, 0.15) is 27.7 Å². The summed E-state index contributed by atoms with van der Waals surface area (Å²) in [5.74, 6) is -4.55. The first-order valence-electron chi connectivity index (χ1n) is 9.00. The molecule has 3 N–H and O–H groups in total. The van der Waals surface area contributed by atoms with E-state index in [-0.39, 0.29) is 0 Å². The second-order valence-corrected chi connectivity index (χ2v) is 8.84. The largest absolute Gasteiger partial charge is 0.459 e. The zero-order valence-corrected chi connectivity index (χ0v) is 15.2. The van der Waals surface area contributed by atoms with Crippen molar-refractivity contribution in [2.75, 3.05) is 0 Å².